The maximum atomic E-state index is 9.35. The van der Waals surface area contributed by atoms with E-state index in [0.717, 1.165) is 19.6 Å². The number of ether oxygens (including phenoxy) is 1. The predicted octanol–water partition coefficient (Wildman–Crippen LogP) is 3.61. The molecule has 1 aromatic rings. The van der Waals surface area contributed by atoms with Crippen molar-refractivity contribution in [2.75, 3.05) is 6.61 Å². The van der Waals surface area contributed by atoms with E-state index in [1.165, 1.54) is 37.7 Å². The Labute approximate surface area is 127 Å². The Hall–Kier alpha value is -1.06. The minimum atomic E-state index is 0.336. The highest BCUT2D eigenvalue weighted by atomic mass is 16.5. The fourth-order valence-corrected chi connectivity index (χ4v) is 4.20. The first-order valence-electron chi connectivity index (χ1n) is 8.37. The van der Waals surface area contributed by atoms with Gasteiger partial charge in [0, 0.05) is 24.6 Å². The highest BCUT2D eigenvalue weighted by molar-refractivity contribution is 5.26. The van der Waals surface area contributed by atoms with Crippen LogP contribution in [0.2, 0.25) is 0 Å². The number of phenolic OH excluding ortho intramolecular Hbond substituents is 1. The molecule has 21 heavy (non-hydrogen) atoms. The molecule has 2 N–H and O–H groups in total. The summed E-state index contributed by atoms with van der Waals surface area (Å²) in [5, 5.41) is 13.1. The molecule has 0 aliphatic heterocycles. The second-order valence-corrected chi connectivity index (χ2v) is 6.57. The molecule has 0 heterocycles. The van der Waals surface area contributed by atoms with Crippen LogP contribution in [-0.4, -0.2) is 23.9 Å². The van der Waals surface area contributed by atoms with Gasteiger partial charge in [-0.2, -0.15) is 0 Å². The maximum Gasteiger partial charge on any atom is 0.115 e. The molecule has 2 aliphatic rings. The normalized spacial score (nSPS) is 27.5. The first-order chi connectivity index (χ1) is 10.2. The van der Waals surface area contributed by atoms with Crippen LogP contribution in [0.15, 0.2) is 24.3 Å². The topological polar surface area (TPSA) is 41.5 Å². The summed E-state index contributed by atoms with van der Waals surface area (Å²) >= 11 is 0. The van der Waals surface area contributed by atoms with E-state index in [2.05, 4.69) is 12.2 Å². The van der Waals surface area contributed by atoms with Crippen molar-refractivity contribution in [3.05, 3.63) is 29.8 Å². The molecule has 2 saturated carbocycles. The summed E-state index contributed by atoms with van der Waals surface area (Å²) in [6.07, 6.45) is 8.30. The molecule has 0 aromatic heterocycles. The number of benzene rings is 1. The molecule has 2 unspecified atom stereocenters. The van der Waals surface area contributed by atoms with Gasteiger partial charge in [-0.25, -0.2) is 0 Å². The number of phenols is 1. The van der Waals surface area contributed by atoms with E-state index in [0.29, 0.717) is 23.3 Å². The Balaban J connectivity index is 1.60. The standard InChI is InChI=1S/C18H27NO2/c1-2-21-17-12-16(18(17)10-4-3-5-11-18)19-13-14-6-8-15(20)9-7-14/h6-9,16-17,19-20H,2-5,10-13H2,1H3. The lowest BCUT2D eigenvalue weighted by Gasteiger charge is -2.58. The van der Waals surface area contributed by atoms with Crippen LogP contribution >= 0.6 is 0 Å². The third-order valence-corrected chi connectivity index (χ3v) is 5.43. The summed E-state index contributed by atoms with van der Waals surface area (Å²) in [5.41, 5.74) is 1.61. The lowest BCUT2D eigenvalue weighted by Crippen LogP contribution is -2.64. The van der Waals surface area contributed by atoms with Crippen molar-refractivity contribution in [2.45, 2.75) is 64.1 Å². The zero-order chi connectivity index (χ0) is 14.7. The highest BCUT2D eigenvalue weighted by Crippen LogP contribution is 2.53. The summed E-state index contributed by atoms with van der Waals surface area (Å²) in [7, 11) is 0. The quantitative estimate of drug-likeness (QED) is 0.870. The summed E-state index contributed by atoms with van der Waals surface area (Å²) in [5.74, 6) is 0.336. The first-order valence-corrected chi connectivity index (χ1v) is 8.37. The second kappa shape index (κ2) is 6.37. The molecule has 0 radical (unpaired) electrons. The first kappa shape index (κ1) is 14.9. The molecule has 2 fully saturated rings. The van der Waals surface area contributed by atoms with Crippen LogP contribution in [-0.2, 0) is 11.3 Å². The van der Waals surface area contributed by atoms with E-state index in [4.69, 9.17) is 4.74 Å². The minimum absolute atomic E-state index is 0.336. The molecule has 0 saturated heterocycles. The van der Waals surface area contributed by atoms with Gasteiger partial charge >= 0.3 is 0 Å². The average Bonchev–Trinajstić information content (AvgIpc) is 2.52. The van der Waals surface area contributed by atoms with Gasteiger partial charge in [0.2, 0.25) is 0 Å². The number of hydrogen-bond donors (Lipinski definition) is 2. The monoisotopic (exact) mass is 289 g/mol. The molecule has 0 bridgehead atoms. The molecule has 3 heteroatoms. The van der Waals surface area contributed by atoms with Gasteiger partial charge in [-0.15, -0.1) is 0 Å². The Morgan fingerprint density at radius 2 is 1.90 bits per heavy atom. The van der Waals surface area contributed by atoms with Gasteiger partial charge in [-0.3, -0.25) is 0 Å². The van der Waals surface area contributed by atoms with Gasteiger partial charge < -0.3 is 15.2 Å². The number of hydrogen-bond acceptors (Lipinski definition) is 3. The van der Waals surface area contributed by atoms with Crippen LogP contribution in [0.1, 0.15) is 51.0 Å². The van der Waals surface area contributed by atoms with E-state index in [9.17, 15) is 5.11 Å². The zero-order valence-corrected chi connectivity index (χ0v) is 13.0. The number of nitrogens with one attached hydrogen (secondary N) is 1. The molecule has 2 atom stereocenters. The predicted molar refractivity (Wildman–Crippen MR) is 84.3 cm³/mol. The fraction of sp³-hybridized carbons (Fsp3) is 0.667. The van der Waals surface area contributed by atoms with Crippen molar-refractivity contribution >= 4 is 0 Å². The summed E-state index contributed by atoms with van der Waals surface area (Å²) < 4.78 is 6.00. The molecule has 3 rings (SSSR count). The molecule has 1 aromatic carbocycles. The molecule has 116 valence electrons. The van der Waals surface area contributed by atoms with Gasteiger partial charge in [0.15, 0.2) is 0 Å². The van der Waals surface area contributed by atoms with Gasteiger partial charge in [0.05, 0.1) is 6.10 Å². The third-order valence-electron chi connectivity index (χ3n) is 5.43. The largest absolute Gasteiger partial charge is 0.508 e. The smallest absolute Gasteiger partial charge is 0.115 e. The van der Waals surface area contributed by atoms with Crippen molar-refractivity contribution < 1.29 is 9.84 Å². The third kappa shape index (κ3) is 2.95. The highest BCUT2D eigenvalue weighted by Gasteiger charge is 2.55. The summed E-state index contributed by atoms with van der Waals surface area (Å²) in [6.45, 7) is 3.82. The van der Waals surface area contributed by atoms with Crippen molar-refractivity contribution in [1.29, 1.82) is 0 Å². The average molecular weight is 289 g/mol. The molecular weight excluding hydrogens is 262 g/mol. The van der Waals surface area contributed by atoms with E-state index >= 15 is 0 Å². The molecular formula is C18H27NO2. The second-order valence-electron chi connectivity index (χ2n) is 6.57. The van der Waals surface area contributed by atoms with Crippen LogP contribution in [0.25, 0.3) is 0 Å². The fourth-order valence-electron chi connectivity index (χ4n) is 4.20. The van der Waals surface area contributed by atoms with E-state index in [1.807, 2.05) is 12.1 Å². The van der Waals surface area contributed by atoms with Gasteiger partial charge in [-0.05, 0) is 43.9 Å². The zero-order valence-electron chi connectivity index (χ0n) is 13.0. The van der Waals surface area contributed by atoms with Crippen LogP contribution in [0, 0.1) is 5.41 Å². The maximum absolute atomic E-state index is 9.35. The van der Waals surface area contributed by atoms with Gasteiger partial charge in [0.25, 0.3) is 0 Å². The Morgan fingerprint density at radius 1 is 1.19 bits per heavy atom. The molecule has 2 aliphatic carbocycles. The van der Waals surface area contributed by atoms with Crippen molar-refractivity contribution in [3.8, 4) is 5.75 Å². The van der Waals surface area contributed by atoms with Crippen LogP contribution < -0.4 is 5.32 Å². The van der Waals surface area contributed by atoms with Crippen molar-refractivity contribution in [1.82, 2.24) is 5.32 Å². The van der Waals surface area contributed by atoms with Crippen LogP contribution in [0.4, 0.5) is 0 Å². The summed E-state index contributed by atoms with van der Waals surface area (Å²) in [4.78, 5) is 0. The van der Waals surface area contributed by atoms with Crippen LogP contribution in [0.3, 0.4) is 0 Å². The molecule has 3 nitrogen and oxygen atoms in total. The molecule has 0 amide bonds. The minimum Gasteiger partial charge on any atom is -0.508 e. The van der Waals surface area contributed by atoms with E-state index < -0.39 is 0 Å². The van der Waals surface area contributed by atoms with Gasteiger partial charge in [0.1, 0.15) is 5.75 Å². The number of rotatable bonds is 5. The van der Waals surface area contributed by atoms with E-state index in [-0.39, 0.29) is 0 Å². The van der Waals surface area contributed by atoms with Gasteiger partial charge in [-0.1, -0.05) is 31.4 Å². The number of aromatic hydroxyl groups is 1. The SMILES string of the molecule is CCOC1CC(NCc2ccc(O)cc2)C12CCCCC2. The van der Waals surface area contributed by atoms with E-state index in [1.54, 1.807) is 12.1 Å². The lowest BCUT2D eigenvalue weighted by molar-refractivity contribution is -0.150. The van der Waals surface area contributed by atoms with Crippen LogP contribution in [0.5, 0.6) is 5.75 Å². The Bertz CT molecular complexity index is 451. The Kier molecular flexibility index (Phi) is 4.51. The Morgan fingerprint density at radius 3 is 2.57 bits per heavy atom. The van der Waals surface area contributed by atoms with Crippen molar-refractivity contribution in [3.63, 3.8) is 0 Å². The summed E-state index contributed by atoms with van der Waals surface area (Å²) in [6, 6.07) is 8.10. The molecule has 1 spiro atoms. The lowest BCUT2D eigenvalue weighted by atomic mass is 9.55. The van der Waals surface area contributed by atoms with Crippen molar-refractivity contribution in [2.24, 2.45) is 5.41 Å².